The lowest BCUT2D eigenvalue weighted by Crippen LogP contribution is -2.42. The molecule has 1 fully saturated rings. The normalized spacial score (nSPS) is 18.3. The second kappa shape index (κ2) is 7.41. The van der Waals surface area contributed by atoms with Gasteiger partial charge in [-0.05, 0) is 43.5 Å². The van der Waals surface area contributed by atoms with Gasteiger partial charge in [-0.15, -0.1) is 0 Å². The monoisotopic (exact) mass is 353 g/mol. The van der Waals surface area contributed by atoms with E-state index in [-0.39, 0.29) is 5.82 Å². The quantitative estimate of drug-likeness (QED) is 0.762. The van der Waals surface area contributed by atoms with Crippen LogP contribution in [-0.4, -0.2) is 38.6 Å². The van der Waals surface area contributed by atoms with E-state index < -0.39 is 0 Å². The number of aryl methyl sites for hydroxylation is 1. The first-order chi connectivity index (χ1) is 12.7. The number of piperidine rings is 1. The molecule has 1 aromatic carbocycles. The van der Waals surface area contributed by atoms with E-state index in [4.69, 9.17) is 0 Å². The Morgan fingerprint density at radius 2 is 2.08 bits per heavy atom. The number of nitrogens with zero attached hydrogens (tertiary/aromatic N) is 4. The number of likely N-dealkylation sites (tertiary alicyclic amines) is 1. The number of fused-ring (bicyclic) bond motifs is 1. The molecule has 2 aromatic heterocycles. The standard InChI is InChI=1S/C20H24FN5/c1-2-17-12-20(26-19(23-17)9-10-22-26)24-18-4-3-11-25(14-18)13-15-5-7-16(21)8-6-15/h5-10,12,18,24H,2-4,11,13-14H2,1H3/t18-/m1/s1. The maximum absolute atomic E-state index is 13.1. The highest BCUT2D eigenvalue weighted by molar-refractivity contribution is 5.49. The first-order valence-corrected chi connectivity index (χ1v) is 9.28. The van der Waals surface area contributed by atoms with Crippen molar-refractivity contribution in [1.29, 1.82) is 0 Å². The van der Waals surface area contributed by atoms with Gasteiger partial charge in [-0.2, -0.15) is 9.61 Å². The fraction of sp³-hybridized carbons (Fsp3) is 0.400. The third kappa shape index (κ3) is 3.70. The van der Waals surface area contributed by atoms with Crippen molar-refractivity contribution in [2.45, 2.75) is 38.8 Å². The average molecular weight is 353 g/mol. The molecule has 0 radical (unpaired) electrons. The van der Waals surface area contributed by atoms with Crippen LogP contribution in [0, 0.1) is 5.82 Å². The van der Waals surface area contributed by atoms with Crippen LogP contribution >= 0.6 is 0 Å². The first kappa shape index (κ1) is 17.0. The Morgan fingerprint density at radius 1 is 1.23 bits per heavy atom. The van der Waals surface area contributed by atoms with Crippen LogP contribution in [-0.2, 0) is 13.0 Å². The van der Waals surface area contributed by atoms with Crippen molar-refractivity contribution in [3.63, 3.8) is 0 Å². The van der Waals surface area contributed by atoms with E-state index in [9.17, 15) is 4.39 Å². The number of hydrogen-bond acceptors (Lipinski definition) is 4. The zero-order valence-corrected chi connectivity index (χ0v) is 15.0. The third-order valence-corrected chi connectivity index (χ3v) is 4.95. The van der Waals surface area contributed by atoms with Crippen molar-refractivity contribution < 1.29 is 4.39 Å². The summed E-state index contributed by atoms with van der Waals surface area (Å²) in [4.78, 5) is 7.03. The van der Waals surface area contributed by atoms with Gasteiger partial charge in [0, 0.05) is 37.0 Å². The highest BCUT2D eigenvalue weighted by atomic mass is 19.1. The molecule has 0 unspecified atom stereocenters. The van der Waals surface area contributed by atoms with Crippen molar-refractivity contribution in [2.24, 2.45) is 0 Å². The van der Waals surface area contributed by atoms with Gasteiger partial charge in [-0.3, -0.25) is 4.90 Å². The number of aromatic nitrogens is 3. The molecule has 1 aliphatic rings. The number of anilines is 1. The van der Waals surface area contributed by atoms with Gasteiger partial charge < -0.3 is 5.32 Å². The van der Waals surface area contributed by atoms with Gasteiger partial charge in [0.25, 0.3) is 0 Å². The molecule has 1 aliphatic heterocycles. The molecule has 26 heavy (non-hydrogen) atoms. The van der Waals surface area contributed by atoms with Crippen LogP contribution in [0.25, 0.3) is 5.65 Å². The summed E-state index contributed by atoms with van der Waals surface area (Å²) in [6, 6.07) is 11.2. The Kier molecular flexibility index (Phi) is 4.84. The highest BCUT2D eigenvalue weighted by Crippen LogP contribution is 2.19. The molecular formula is C20H24FN5. The van der Waals surface area contributed by atoms with Gasteiger partial charge in [-0.1, -0.05) is 19.1 Å². The van der Waals surface area contributed by atoms with Crippen molar-refractivity contribution in [1.82, 2.24) is 19.5 Å². The summed E-state index contributed by atoms with van der Waals surface area (Å²) >= 11 is 0. The highest BCUT2D eigenvalue weighted by Gasteiger charge is 2.21. The van der Waals surface area contributed by atoms with E-state index in [1.807, 2.05) is 22.7 Å². The second-order valence-electron chi connectivity index (χ2n) is 6.93. The summed E-state index contributed by atoms with van der Waals surface area (Å²) in [5.41, 5.74) is 3.10. The van der Waals surface area contributed by atoms with Crippen LogP contribution in [0.5, 0.6) is 0 Å². The molecule has 0 amide bonds. The minimum Gasteiger partial charge on any atom is -0.366 e. The summed E-state index contributed by atoms with van der Waals surface area (Å²) in [5.74, 6) is 0.824. The molecule has 3 heterocycles. The zero-order valence-electron chi connectivity index (χ0n) is 15.0. The van der Waals surface area contributed by atoms with Gasteiger partial charge >= 0.3 is 0 Å². The third-order valence-electron chi connectivity index (χ3n) is 4.95. The smallest absolute Gasteiger partial charge is 0.157 e. The van der Waals surface area contributed by atoms with Gasteiger partial charge in [-0.25, -0.2) is 9.37 Å². The van der Waals surface area contributed by atoms with Crippen molar-refractivity contribution in [3.8, 4) is 0 Å². The Bertz CT molecular complexity index is 874. The lowest BCUT2D eigenvalue weighted by molar-refractivity contribution is 0.208. The summed E-state index contributed by atoms with van der Waals surface area (Å²) in [6.45, 7) is 5.00. The van der Waals surface area contributed by atoms with Crippen LogP contribution in [0.2, 0.25) is 0 Å². The fourth-order valence-electron chi connectivity index (χ4n) is 3.62. The molecule has 0 saturated carbocycles. The van der Waals surface area contributed by atoms with Crippen LogP contribution in [0.1, 0.15) is 31.0 Å². The van der Waals surface area contributed by atoms with E-state index >= 15 is 0 Å². The average Bonchev–Trinajstić information content (AvgIpc) is 3.13. The van der Waals surface area contributed by atoms with Gasteiger partial charge in [0.15, 0.2) is 5.65 Å². The van der Waals surface area contributed by atoms with E-state index in [1.165, 1.54) is 12.1 Å². The molecule has 4 rings (SSSR count). The van der Waals surface area contributed by atoms with Gasteiger partial charge in [0.2, 0.25) is 0 Å². The minimum atomic E-state index is -0.181. The maximum atomic E-state index is 13.1. The topological polar surface area (TPSA) is 45.5 Å². The summed E-state index contributed by atoms with van der Waals surface area (Å²) in [7, 11) is 0. The van der Waals surface area contributed by atoms with E-state index in [0.29, 0.717) is 6.04 Å². The van der Waals surface area contributed by atoms with Crippen LogP contribution in [0.3, 0.4) is 0 Å². The van der Waals surface area contributed by atoms with Crippen molar-refractivity contribution in [2.75, 3.05) is 18.4 Å². The van der Waals surface area contributed by atoms with Crippen LogP contribution in [0.4, 0.5) is 10.2 Å². The molecule has 0 spiro atoms. The number of hydrogen-bond donors (Lipinski definition) is 1. The van der Waals surface area contributed by atoms with E-state index in [2.05, 4.69) is 33.3 Å². The summed E-state index contributed by atoms with van der Waals surface area (Å²) in [6.07, 6.45) is 4.96. The lowest BCUT2D eigenvalue weighted by atomic mass is 10.0. The SMILES string of the molecule is CCc1cc(N[C@@H]2CCCN(Cc3ccc(F)cc3)C2)n2nccc2n1. The summed E-state index contributed by atoms with van der Waals surface area (Å²) in [5, 5.41) is 8.07. The molecule has 1 atom stereocenters. The Labute approximate surface area is 152 Å². The van der Waals surface area contributed by atoms with Gasteiger partial charge in [0.1, 0.15) is 11.6 Å². The molecular weight excluding hydrogens is 329 g/mol. The fourth-order valence-corrected chi connectivity index (χ4v) is 3.62. The Morgan fingerprint density at radius 3 is 2.88 bits per heavy atom. The second-order valence-corrected chi connectivity index (χ2v) is 6.93. The Hall–Kier alpha value is -2.47. The predicted octanol–water partition coefficient (Wildman–Crippen LogP) is 3.51. The summed E-state index contributed by atoms with van der Waals surface area (Å²) < 4.78 is 15.0. The molecule has 1 N–H and O–H groups in total. The molecule has 6 heteroatoms. The lowest BCUT2D eigenvalue weighted by Gasteiger charge is -2.33. The molecule has 0 aliphatic carbocycles. The van der Waals surface area contributed by atoms with Crippen LogP contribution < -0.4 is 5.32 Å². The molecule has 5 nitrogen and oxygen atoms in total. The van der Waals surface area contributed by atoms with Crippen molar-refractivity contribution in [3.05, 3.63) is 59.7 Å². The maximum Gasteiger partial charge on any atom is 0.157 e. The van der Waals surface area contributed by atoms with E-state index in [0.717, 1.165) is 61.6 Å². The predicted molar refractivity (Wildman–Crippen MR) is 101 cm³/mol. The van der Waals surface area contributed by atoms with E-state index in [1.54, 1.807) is 6.20 Å². The Balaban J connectivity index is 1.46. The first-order valence-electron chi connectivity index (χ1n) is 9.28. The minimum absolute atomic E-state index is 0.181. The molecule has 0 bridgehead atoms. The van der Waals surface area contributed by atoms with Crippen molar-refractivity contribution >= 4 is 11.5 Å². The zero-order chi connectivity index (χ0) is 17.9. The number of nitrogens with one attached hydrogen (secondary N) is 1. The molecule has 3 aromatic rings. The van der Waals surface area contributed by atoms with Crippen LogP contribution in [0.15, 0.2) is 42.6 Å². The number of halogens is 1. The number of rotatable bonds is 5. The molecule has 1 saturated heterocycles. The van der Waals surface area contributed by atoms with Gasteiger partial charge in [0.05, 0.1) is 6.20 Å². The number of benzene rings is 1. The largest absolute Gasteiger partial charge is 0.366 e. The molecule has 136 valence electrons.